The van der Waals surface area contributed by atoms with Crippen LogP contribution in [0.4, 0.5) is 0 Å². The van der Waals surface area contributed by atoms with E-state index in [9.17, 15) is 0 Å². The van der Waals surface area contributed by atoms with E-state index in [0.717, 1.165) is 23.9 Å². The minimum atomic E-state index is 0.655. The van der Waals surface area contributed by atoms with Crippen LogP contribution in [-0.4, -0.2) is 30.1 Å². The quantitative estimate of drug-likeness (QED) is 0.928. The molecule has 0 spiro atoms. The number of hydrogen-bond acceptors (Lipinski definition) is 3. The molecule has 2 atom stereocenters. The summed E-state index contributed by atoms with van der Waals surface area (Å²) in [4.78, 5) is 2.67. The molecule has 1 aromatic heterocycles. The molecule has 3 heteroatoms. The Morgan fingerprint density at radius 1 is 1.20 bits per heavy atom. The average molecular weight is 270 g/mol. The maximum atomic E-state index is 5.87. The Morgan fingerprint density at radius 3 is 3.10 bits per heavy atom. The number of nitrogens with zero attached hydrogens (tertiary/aromatic N) is 1. The van der Waals surface area contributed by atoms with E-state index < -0.39 is 0 Å². The predicted octanol–water partition coefficient (Wildman–Crippen LogP) is 3.15. The number of hydrogen-bond donors (Lipinski definition) is 1. The summed E-state index contributed by atoms with van der Waals surface area (Å²) in [7, 11) is 0. The second kappa shape index (κ2) is 5.23. The summed E-state index contributed by atoms with van der Waals surface area (Å²) in [5, 5.41) is 4.89. The fourth-order valence-corrected chi connectivity index (χ4v) is 3.78. The van der Waals surface area contributed by atoms with Crippen molar-refractivity contribution >= 4 is 11.0 Å². The molecule has 1 N–H and O–H groups in total. The summed E-state index contributed by atoms with van der Waals surface area (Å²) in [6.45, 7) is 3.44. The van der Waals surface area contributed by atoms with Gasteiger partial charge in [0.25, 0.3) is 0 Å². The first-order valence-corrected chi connectivity index (χ1v) is 7.83. The fraction of sp³-hybridized carbons (Fsp3) is 0.529. The van der Waals surface area contributed by atoms with Crippen LogP contribution in [0.3, 0.4) is 0 Å². The maximum absolute atomic E-state index is 5.87. The second-order valence-electron chi connectivity index (χ2n) is 6.18. The molecule has 2 unspecified atom stereocenters. The monoisotopic (exact) mass is 270 g/mol. The van der Waals surface area contributed by atoms with Gasteiger partial charge in [0.1, 0.15) is 11.3 Å². The molecule has 0 radical (unpaired) electrons. The molecule has 0 bridgehead atoms. The third-order valence-electron chi connectivity index (χ3n) is 4.86. The van der Waals surface area contributed by atoms with Gasteiger partial charge < -0.3 is 14.6 Å². The topological polar surface area (TPSA) is 28.4 Å². The average Bonchev–Trinajstić information content (AvgIpc) is 3.10. The van der Waals surface area contributed by atoms with Gasteiger partial charge in [-0.05, 0) is 50.9 Å². The normalized spacial score (nSPS) is 27.0. The Bertz CT molecular complexity index is 558. The van der Waals surface area contributed by atoms with Crippen LogP contribution in [0, 0.1) is 0 Å². The zero-order valence-corrected chi connectivity index (χ0v) is 11.8. The van der Waals surface area contributed by atoms with Crippen molar-refractivity contribution < 1.29 is 4.42 Å². The van der Waals surface area contributed by atoms with Gasteiger partial charge in [-0.1, -0.05) is 18.2 Å². The molecular weight excluding hydrogens is 248 g/mol. The lowest BCUT2D eigenvalue weighted by Gasteiger charge is -2.35. The summed E-state index contributed by atoms with van der Waals surface area (Å²) >= 11 is 0. The minimum absolute atomic E-state index is 0.655. The summed E-state index contributed by atoms with van der Waals surface area (Å²) in [6, 6.07) is 11.9. The van der Waals surface area contributed by atoms with Gasteiger partial charge in [0.05, 0.1) is 6.54 Å². The molecule has 0 aliphatic carbocycles. The zero-order valence-electron chi connectivity index (χ0n) is 11.8. The Kier molecular flexibility index (Phi) is 3.25. The van der Waals surface area contributed by atoms with Crippen molar-refractivity contribution in [2.75, 3.05) is 13.1 Å². The highest BCUT2D eigenvalue weighted by Gasteiger charge is 2.31. The smallest absolute Gasteiger partial charge is 0.134 e. The van der Waals surface area contributed by atoms with Crippen molar-refractivity contribution in [2.45, 2.75) is 44.3 Å². The van der Waals surface area contributed by atoms with E-state index in [1.54, 1.807) is 0 Å². The number of nitrogens with one attached hydrogen (secondary N) is 1. The van der Waals surface area contributed by atoms with Crippen molar-refractivity contribution in [3.05, 3.63) is 36.1 Å². The molecule has 0 amide bonds. The summed E-state index contributed by atoms with van der Waals surface area (Å²) in [5.74, 6) is 1.06. The van der Waals surface area contributed by atoms with Gasteiger partial charge in [0.15, 0.2) is 0 Å². The van der Waals surface area contributed by atoms with Gasteiger partial charge in [-0.2, -0.15) is 0 Å². The predicted molar refractivity (Wildman–Crippen MR) is 80.7 cm³/mol. The number of fused-ring (bicyclic) bond motifs is 2. The first-order valence-electron chi connectivity index (χ1n) is 7.83. The van der Waals surface area contributed by atoms with Crippen LogP contribution >= 0.6 is 0 Å². The van der Waals surface area contributed by atoms with Gasteiger partial charge in [0, 0.05) is 17.5 Å². The van der Waals surface area contributed by atoms with Crippen LogP contribution in [0.25, 0.3) is 11.0 Å². The van der Waals surface area contributed by atoms with Crippen LogP contribution in [-0.2, 0) is 6.54 Å². The van der Waals surface area contributed by atoms with E-state index in [2.05, 4.69) is 28.4 Å². The standard InChI is InChI=1S/C17H22N2O/c1-2-6-17-13(4-1)10-16(20-17)12-18-14-7-9-19-8-3-5-15(19)11-14/h1-2,4,6,10,14-15,18H,3,5,7-9,11-12H2. The summed E-state index contributed by atoms with van der Waals surface area (Å²) < 4.78 is 5.87. The molecule has 0 saturated carbocycles. The first kappa shape index (κ1) is 12.4. The van der Waals surface area contributed by atoms with Crippen molar-refractivity contribution in [3.63, 3.8) is 0 Å². The molecule has 4 rings (SSSR count). The van der Waals surface area contributed by atoms with Crippen molar-refractivity contribution in [2.24, 2.45) is 0 Å². The SMILES string of the molecule is c1ccc2oc(CNC3CCN4CCCC4C3)cc2c1. The maximum Gasteiger partial charge on any atom is 0.134 e. The zero-order chi connectivity index (χ0) is 13.4. The molecule has 106 valence electrons. The Hall–Kier alpha value is -1.32. The van der Waals surface area contributed by atoms with Crippen LogP contribution in [0.15, 0.2) is 34.7 Å². The molecule has 2 aliphatic heterocycles. The minimum Gasteiger partial charge on any atom is -0.460 e. The number of para-hydroxylation sites is 1. The molecule has 2 saturated heterocycles. The lowest BCUT2D eigenvalue weighted by Crippen LogP contribution is -2.45. The Morgan fingerprint density at radius 2 is 2.15 bits per heavy atom. The van der Waals surface area contributed by atoms with Crippen LogP contribution < -0.4 is 5.32 Å². The first-order chi connectivity index (χ1) is 9.88. The Labute approximate surface area is 119 Å². The van der Waals surface area contributed by atoms with Crippen LogP contribution in [0.1, 0.15) is 31.4 Å². The number of piperidine rings is 1. The van der Waals surface area contributed by atoms with E-state index in [4.69, 9.17) is 4.42 Å². The fourth-order valence-electron chi connectivity index (χ4n) is 3.78. The highest BCUT2D eigenvalue weighted by atomic mass is 16.3. The lowest BCUT2D eigenvalue weighted by atomic mass is 9.97. The third-order valence-corrected chi connectivity index (χ3v) is 4.86. The molecule has 3 heterocycles. The molecule has 3 nitrogen and oxygen atoms in total. The van der Waals surface area contributed by atoms with E-state index in [-0.39, 0.29) is 0 Å². The van der Waals surface area contributed by atoms with Crippen molar-refractivity contribution in [1.29, 1.82) is 0 Å². The lowest BCUT2D eigenvalue weighted by molar-refractivity contribution is 0.165. The van der Waals surface area contributed by atoms with Gasteiger partial charge in [-0.25, -0.2) is 0 Å². The van der Waals surface area contributed by atoms with Gasteiger partial charge >= 0.3 is 0 Å². The van der Waals surface area contributed by atoms with E-state index in [1.165, 1.54) is 44.2 Å². The highest BCUT2D eigenvalue weighted by molar-refractivity contribution is 5.77. The third kappa shape index (κ3) is 2.36. The molecular formula is C17H22N2O. The van der Waals surface area contributed by atoms with Crippen LogP contribution in [0.5, 0.6) is 0 Å². The van der Waals surface area contributed by atoms with Crippen molar-refractivity contribution in [3.8, 4) is 0 Å². The number of furan rings is 1. The van der Waals surface area contributed by atoms with Gasteiger partial charge in [0.2, 0.25) is 0 Å². The van der Waals surface area contributed by atoms with Gasteiger partial charge in [-0.3, -0.25) is 0 Å². The van der Waals surface area contributed by atoms with E-state index in [0.29, 0.717) is 6.04 Å². The number of benzene rings is 1. The highest BCUT2D eigenvalue weighted by Crippen LogP contribution is 2.27. The van der Waals surface area contributed by atoms with Crippen LogP contribution in [0.2, 0.25) is 0 Å². The largest absolute Gasteiger partial charge is 0.460 e. The van der Waals surface area contributed by atoms with E-state index in [1.807, 2.05) is 12.1 Å². The van der Waals surface area contributed by atoms with Crippen molar-refractivity contribution in [1.82, 2.24) is 10.2 Å². The molecule has 2 fully saturated rings. The number of rotatable bonds is 3. The molecule has 2 aliphatic rings. The second-order valence-corrected chi connectivity index (χ2v) is 6.18. The molecule has 20 heavy (non-hydrogen) atoms. The van der Waals surface area contributed by atoms with Gasteiger partial charge in [-0.15, -0.1) is 0 Å². The Balaban J connectivity index is 1.38. The summed E-state index contributed by atoms with van der Waals surface area (Å²) in [6.07, 6.45) is 5.36. The molecule has 1 aromatic carbocycles. The van der Waals surface area contributed by atoms with E-state index >= 15 is 0 Å². The molecule has 2 aromatic rings. The summed E-state index contributed by atoms with van der Waals surface area (Å²) in [5.41, 5.74) is 0.995.